The molecule has 2 aromatic carbocycles. The molecule has 30 heavy (non-hydrogen) atoms. The van der Waals surface area contributed by atoms with Crippen LogP contribution in [0.3, 0.4) is 0 Å². The minimum absolute atomic E-state index is 0.0665. The number of thiazole rings is 1. The monoisotopic (exact) mass is 484 g/mol. The SMILES string of the molecule is COc1ccc(S(=O)(=O)CCCC(=O)Nc2nc(-c3ccc(Cl)c(Cl)c3)cs2)cc1. The highest BCUT2D eigenvalue weighted by molar-refractivity contribution is 7.91. The van der Waals surface area contributed by atoms with Crippen LogP contribution in [-0.4, -0.2) is 32.2 Å². The van der Waals surface area contributed by atoms with Crippen molar-refractivity contribution < 1.29 is 17.9 Å². The van der Waals surface area contributed by atoms with E-state index in [4.69, 9.17) is 27.9 Å². The summed E-state index contributed by atoms with van der Waals surface area (Å²) in [5, 5.41) is 5.80. The lowest BCUT2D eigenvalue weighted by Crippen LogP contribution is -2.14. The minimum atomic E-state index is -3.47. The number of rotatable bonds is 8. The van der Waals surface area contributed by atoms with E-state index in [1.54, 1.807) is 35.7 Å². The fraction of sp³-hybridized carbons (Fsp3) is 0.200. The number of methoxy groups -OCH3 is 1. The number of hydrogen-bond acceptors (Lipinski definition) is 6. The van der Waals surface area contributed by atoms with Gasteiger partial charge >= 0.3 is 0 Å². The number of nitrogens with zero attached hydrogens (tertiary/aromatic N) is 1. The molecule has 158 valence electrons. The van der Waals surface area contributed by atoms with E-state index in [2.05, 4.69) is 10.3 Å². The van der Waals surface area contributed by atoms with Crippen LogP contribution in [0.4, 0.5) is 5.13 Å². The highest BCUT2D eigenvalue weighted by atomic mass is 35.5. The van der Waals surface area contributed by atoms with Gasteiger partial charge in [0.1, 0.15) is 5.75 Å². The fourth-order valence-electron chi connectivity index (χ4n) is 2.62. The van der Waals surface area contributed by atoms with Gasteiger partial charge in [-0.3, -0.25) is 4.79 Å². The van der Waals surface area contributed by atoms with E-state index in [1.807, 2.05) is 0 Å². The molecule has 0 radical (unpaired) electrons. The quantitative estimate of drug-likeness (QED) is 0.467. The molecule has 1 heterocycles. The maximum Gasteiger partial charge on any atom is 0.226 e. The van der Waals surface area contributed by atoms with Crippen LogP contribution in [0.15, 0.2) is 52.7 Å². The first-order chi connectivity index (χ1) is 14.3. The van der Waals surface area contributed by atoms with E-state index in [1.165, 1.54) is 30.6 Å². The van der Waals surface area contributed by atoms with Crippen LogP contribution in [-0.2, 0) is 14.6 Å². The van der Waals surface area contributed by atoms with Gasteiger partial charge in [0.05, 0.1) is 33.5 Å². The molecule has 0 aliphatic heterocycles. The van der Waals surface area contributed by atoms with Crippen molar-refractivity contribution in [3.05, 3.63) is 57.9 Å². The smallest absolute Gasteiger partial charge is 0.226 e. The first kappa shape index (κ1) is 22.6. The summed E-state index contributed by atoms with van der Waals surface area (Å²) in [4.78, 5) is 16.7. The molecule has 0 bridgehead atoms. The Morgan fingerprint density at radius 2 is 1.87 bits per heavy atom. The molecule has 0 aliphatic carbocycles. The van der Waals surface area contributed by atoms with Gasteiger partial charge in [0, 0.05) is 17.4 Å². The highest BCUT2D eigenvalue weighted by Crippen LogP contribution is 2.30. The zero-order chi connectivity index (χ0) is 21.7. The molecular weight excluding hydrogens is 467 g/mol. The minimum Gasteiger partial charge on any atom is -0.497 e. The number of carbonyl (C=O) groups is 1. The zero-order valence-electron chi connectivity index (χ0n) is 15.9. The summed E-state index contributed by atoms with van der Waals surface area (Å²) in [7, 11) is -1.95. The van der Waals surface area contributed by atoms with E-state index in [-0.39, 0.29) is 29.4 Å². The van der Waals surface area contributed by atoms with Gasteiger partial charge in [0.25, 0.3) is 0 Å². The van der Waals surface area contributed by atoms with Gasteiger partial charge in [-0.05, 0) is 42.8 Å². The van der Waals surface area contributed by atoms with Crippen LogP contribution in [0.5, 0.6) is 5.75 Å². The summed E-state index contributed by atoms with van der Waals surface area (Å²) in [6.45, 7) is 0. The molecule has 3 rings (SSSR count). The van der Waals surface area contributed by atoms with Crippen molar-refractivity contribution in [3.63, 3.8) is 0 Å². The van der Waals surface area contributed by atoms with Crippen molar-refractivity contribution >= 4 is 55.4 Å². The third kappa shape index (κ3) is 5.72. The predicted octanol–water partition coefficient (Wildman–Crippen LogP) is 5.32. The van der Waals surface area contributed by atoms with Gasteiger partial charge in [-0.1, -0.05) is 29.3 Å². The second-order valence-electron chi connectivity index (χ2n) is 6.31. The second-order valence-corrected chi connectivity index (χ2v) is 10.1. The Morgan fingerprint density at radius 3 is 2.53 bits per heavy atom. The first-order valence-electron chi connectivity index (χ1n) is 8.86. The van der Waals surface area contributed by atoms with Crippen LogP contribution < -0.4 is 10.1 Å². The summed E-state index contributed by atoms with van der Waals surface area (Å²) in [5.74, 6) is 0.158. The lowest BCUT2D eigenvalue weighted by atomic mass is 10.2. The highest BCUT2D eigenvalue weighted by Gasteiger charge is 2.16. The van der Waals surface area contributed by atoms with Gasteiger partial charge in [0.2, 0.25) is 5.91 Å². The number of benzene rings is 2. The molecule has 1 N–H and O–H groups in total. The number of ether oxygens (including phenoxy) is 1. The van der Waals surface area contributed by atoms with Crippen LogP contribution in [0, 0.1) is 0 Å². The van der Waals surface area contributed by atoms with E-state index < -0.39 is 9.84 Å². The number of aromatic nitrogens is 1. The lowest BCUT2D eigenvalue weighted by Gasteiger charge is -2.06. The molecule has 0 aliphatic rings. The molecule has 0 spiro atoms. The van der Waals surface area contributed by atoms with Gasteiger partial charge in [-0.25, -0.2) is 13.4 Å². The summed E-state index contributed by atoms with van der Waals surface area (Å²) in [6, 6.07) is 11.3. The average Bonchev–Trinajstić information content (AvgIpc) is 3.18. The largest absolute Gasteiger partial charge is 0.497 e. The number of halogens is 2. The molecule has 1 amide bonds. The lowest BCUT2D eigenvalue weighted by molar-refractivity contribution is -0.116. The van der Waals surface area contributed by atoms with Gasteiger partial charge in [-0.2, -0.15) is 0 Å². The van der Waals surface area contributed by atoms with E-state index in [0.29, 0.717) is 26.6 Å². The number of nitrogens with one attached hydrogen (secondary N) is 1. The number of hydrogen-bond donors (Lipinski definition) is 1. The number of carbonyl (C=O) groups excluding carboxylic acids is 1. The Kier molecular flexibility index (Phi) is 7.36. The Labute approximate surface area is 188 Å². The van der Waals surface area contributed by atoms with Crippen molar-refractivity contribution in [2.45, 2.75) is 17.7 Å². The van der Waals surface area contributed by atoms with Crippen LogP contribution in [0.2, 0.25) is 10.0 Å². The van der Waals surface area contributed by atoms with E-state index in [0.717, 1.165) is 5.56 Å². The Balaban J connectivity index is 1.53. The third-order valence-electron chi connectivity index (χ3n) is 4.20. The molecule has 1 aromatic heterocycles. The molecule has 0 saturated carbocycles. The van der Waals surface area contributed by atoms with Crippen LogP contribution >= 0.6 is 34.5 Å². The standard InChI is InChI=1S/C20H18Cl2N2O4S2/c1-28-14-5-7-15(8-6-14)30(26,27)10-2-3-19(25)24-20-23-18(12-29-20)13-4-9-16(21)17(22)11-13/h4-9,11-12H,2-3,10H2,1H3,(H,23,24,25). The summed E-state index contributed by atoms with van der Waals surface area (Å²) >= 11 is 13.2. The van der Waals surface area contributed by atoms with E-state index in [9.17, 15) is 13.2 Å². The third-order valence-corrected chi connectivity index (χ3v) is 7.51. The van der Waals surface area contributed by atoms with Crippen molar-refractivity contribution in [2.24, 2.45) is 0 Å². The molecule has 10 heteroatoms. The number of anilines is 1. The van der Waals surface area contributed by atoms with Crippen molar-refractivity contribution in [1.29, 1.82) is 0 Å². The number of amides is 1. The molecule has 0 saturated heterocycles. The molecule has 6 nitrogen and oxygen atoms in total. The van der Waals surface area contributed by atoms with Crippen molar-refractivity contribution in [1.82, 2.24) is 4.98 Å². The zero-order valence-corrected chi connectivity index (χ0v) is 19.0. The molecule has 3 aromatic rings. The maximum absolute atomic E-state index is 12.4. The summed E-state index contributed by atoms with van der Waals surface area (Å²) in [6.07, 6.45) is 0.266. The van der Waals surface area contributed by atoms with Crippen molar-refractivity contribution in [3.8, 4) is 17.0 Å². The Hall–Kier alpha value is -2.13. The Morgan fingerprint density at radius 1 is 1.13 bits per heavy atom. The van der Waals surface area contributed by atoms with E-state index >= 15 is 0 Å². The molecule has 0 unspecified atom stereocenters. The van der Waals surface area contributed by atoms with Crippen LogP contribution in [0.25, 0.3) is 11.3 Å². The van der Waals surface area contributed by atoms with Crippen LogP contribution in [0.1, 0.15) is 12.8 Å². The normalized spacial score (nSPS) is 11.3. The summed E-state index contributed by atoms with van der Waals surface area (Å²) < 4.78 is 29.8. The van der Waals surface area contributed by atoms with Gasteiger partial charge in [-0.15, -0.1) is 11.3 Å². The molecule has 0 atom stereocenters. The molecule has 0 fully saturated rings. The van der Waals surface area contributed by atoms with Crippen molar-refractivity contribution in [2.75, 3.05) is 18.2 Å². The second kappa shape index (κ2) is 9.78. The Bertz CT molecular complexity index is 1150. The first-order valence-corrected chi connectivity index (χ1v) is 12.1. The molecular formula is C20H18Cl2N2O4S2. The summed E-state index contributed by atoms with van der Waals surface area (Å²) in [5.41, 5.74) is 1.45. The predicted molar refractivity (Wildman–Crippen MR) is 120 cm³/mol. The average molecular weight is 485 g/mol. The maximum atomic E-state index is 12.4. The van der Waals surface area contributed by atoms with Gasteiger partial charge < -0.3 is 10.1 Å². The van der Waals surface area contributed by atoms with Gasteiger partial charge in [0.15, 0.2) is 15.0 Å². The number of sulfone groups is 1. The fourth-order valence-corrected chi connectivity index (χ4v) is 4.97. The topological polar surface area (TPSA) is 85.4 Å².